The van der Waals surface area contributed by atoms with Gasteiger partial charge in [0.25, 0.3) is 0 Å². The summed E-state index contributed by atoms with van der Waals surface area (Å²) in [5, 5.41) is 0. The monoisotopic (exact) mass is 355 g/mol. The Morgan fingerprint density at radius 1 is 1.05 bits per heavy atom. The third kappa shape index (κ3) is 3.02. The molecule has 2 aromatic rings. The van der Waals surface area contributed by atoms with E-state index < -0.39 is 5.97 Å². The molecule has 0 N–H and O–H groups in total. The van der Waals surface area contributed by atoms with Crippen LogP contribution in [0.1, 0.15) is 22.3 Å². The van der Waals surface area contributed by atoms with Crippen LogP contribution >= 0.6 is 15.9 Å². The van der Waals surface area contributed by atoms with Crippen molar-refractivity contribution in [2.75, 3.05) is 0 Å². The zero-order valence-electron chi connectivity index (χ0n) is 12.3. The smallest absolute Gasteiger partial charge is 0.363 e. The molecule has 1 aliphatic rings. The van der Waals surface area contributed by atoms with Gasteiger partial charge in [0.2, 0.25) is 5.90 Å². The summed E-state index contributed by atoms with van der Waals surface area (Å²) in [7, 11) is 0. The Morgan fingerprint density at radius 3 is 2.45 bits per heavy atom. The lowest BCUT2D eigenvalue weighted by Crippen LogP contribution is -2.05. The normalized spacial score (nSPS) is 15.9. The predicted octanol–water partition coefficient (Wildman–Crippen LogP) is 4.41. The molecule has 0 aliphatic carbocycles. The minimum absolute atomic E-state index is 0.315. The van der Waals surface area contributed by atoms with E-state index in [1.54, 1.807) is 6.08 Å². The number of hydrogen-bond acceptors (Lipinski definition) is 3. The fraction of sp³-hybridized carbons (Fsp3) is 0.111. The number of halogens is 1. The number of rotatable bonds is 2. The molecule has 0 saturated carbocycles. The van der Waals surface area contributed by atoms with Gasteiger partial charge in [0, 0.05) is 10.0 Å². The van der Waals surface area contributed by atoms with E-state index in [0.717, 1.165) is 21.2 Å². The zero-order chi connectivity index (χ0) is 15.7. The third-order valence-electron chi connectivity index (χ3n) is 3.55. The average Bonchev–Trinajstić information content (AvgIpc) is 2.85. The fourth-order valence-electron chi connectivity index (χ4n) is 2.12. The van der Waals surface area contributed by atoms with Crippen LogP contribution in [0.4, 0.5) is 0 Å². The van der Waals surface area contributed by atoms with Gasteiger partial charge < -0.3 is 4.74 Å². The fourth-order valence-corrected chi connectivity index (χ4v) is 2.39. The summed E-state index contributed by atoms with van der Waals surface area (Å²) in [6, 6.07) is 13.5. The van der Waals surface area contributed by atoms with Gasteiger partial charge in [-0.05, 0) is 60.9 Å². The van der Waals surface area contributed by atoms with Crippen LogP contribution < -0.4 is 0 Å². The number of aliphatic imine (C=N–C) groups is 1. The van der Waals surface area contributed by atoms with Crippen molar-refractivity contribution in [1.29, 1.82) is 0 Å². The lowest BCUT2D eigenvalue weighted by Gasteiger charge is -2.03. The van der Waals surface area contributed by atoms with Gasteiger partial charge in [-0.1, -0.05) is 34.1 Å². The maximum atomic E-state index is 12.0. The van der Waals surface area contributed by atoms with E-state index in [4.69, 9.17) is 4.74 Å². The lowest BCUT2D eigenvalue weighted by molar-refractivity contribution is -0.129. The molecule has 1 heterocycles. The van der Waals surface area contributed by atoms with E-state index in [9.17, 15) is 4.79 Å². The van der Waals surface area contributed by atoms with Crippen LogP contribution in [-0.4, -0.2) is 11.9 Å². The van der Waals surface area contributed by atoms with Gasteiger partial charge in [-0.3, -0.25) is 0 Å². The molecule has 0 bridgehead atoms. The molecule has 0 radical (unpaired) electrons. The molecule has 3 rings (SSSR count). The molecule has 110 valence electrons. The van der Waals surface area contributed by atoms with Gasteiger partial charge in [-0.25, -0.2) is 9.79 Å². The van der Waals surface area contributed by atoms with Gasteiger partial charge in [0.05, 0.1) is 0 Å². The van der Waals surface area contributed by atoms with Gasteiger partial charge in [0.1, 0.15) is 0 Å². The molecule has 0 amide bonds. The summed E-state index contributed by atoms with van der Waals surface area (Å²) < 4.78 is 6.27. The van der Waals surface area contributed by atoms with Crippen molar-refractivity contribution in [3.8, 4) is 0 Å². The van der Waals surface area contributed by atoms with Crippen LogP contribution in [0.2, 0.25) is 0 Å². The number of esters is 1. The van der Waals surface area contributed by atoms with Crippen molar-refractivity contribution in [2.45, 2.75) is 13.8 Å². The molecule has 1 aliphatic heterocycles. The highest BCUT2D eigenvalue weighted by atomic mass is 79.9. The highest BCUT2D eigenvalue weighted by Gasteiger charge is 2.24. The highest BCUT2D eigenvalue weighted by molar-refractivity contribution is 9.10. The molecular formula is C18H14BrNO2. The quantitative estimate of drug-likeness (QED) is 0.591. The predicted molar refractivity (Wildman–Crippen MR) is 90.7 cm³/mol. The van der Waals surface area contributed by atoms with Crippen molar-refractivity contribution in [3.05, 3.63) is 74.9 Å². The van der Waals surface area contributed by atoms with Gasteiger partial charge >= 0.3 is 5.97 Å². The molecule has 4 heteroatoms. The SMILES string of the molecule is Cc1ccc(C2=N/C(=C\c3ccc(Br)cc3)C(=O)O2)cc1C. The molecule has 2 aromatic carbocycles. The summed E-state index contributed by atoms with van der Waals surface area (Å²) in [5.41, 5.74) is 4.37. The standard InChI is InChI=1S/C18H14BrNO2/c1-11-3-6-14(9-12(11)2)17-20-16(18(21)22-17)10-13-4-7-15(19)8-5-13/h3-10H,1-2H3/b16-10-. The highest BCUT2D eigenvalue weighted by Crippen LogP contribution is 2.21. The van der Waals surface area contributed by atoms with E-state index in [1.165, 1.54) is 5.56 Å². The summed E-state index contributed by atoms with van der Waals surface area (Å²) in [4.78, 5) is 16.3. The lowest BCUT2D eigenvalue weighted by atomic mass is 10.1. The molecule has 0 unspecified atom stereocenters. The second-order valence-electron chi connectivity index (χ2n) is 5.19. The maximum absolute atomic E-state index is 12.0. The first-order valence-electron chi connectivity index (χ1n) is 6.89. The Balaban J connectivity index is 1.94. The molecule has 0 fully saturated rings. The minimum atomic E-state index is -0.420. The topological polar surface area (TPSA) is 38.7 Å². The van der Waals surface area contributed by atoms with E-state index >= 15 is 0 Å². The van der Waals surface area contributed by atoms with Crippen molar-refractivity contribution < 1.29 is 9.53 Å². The van der Waals surface area contributed by atoms with Crippen LogP contribution in [-0.2, 0) is 9.53 Å². The van der Waals surface area contributed by atoms with E-state index in [-0.39, 0.29) is 0 Å². The number of aryl methyl sites for hydroxylation is 2. The maximum Gasteiger partial charge on any atom is 0.363 e. The number of carbonyl (C=O) groups excluding carboxylic acids is 1. The molecule has 0 atom stereocenters. The van der Waals surface area contributed by atoms with Crippen LogP contribution in [0, 0.1) is 13.8 Å². The Bertz CT molecular complexity index is 804. The number of ether oxygens (including phenoxy) is 1. The van der Waals surface area contributed by atoms with Gasteiger partial charge in [-0.15, -0.1) is 0 Å². The van der Waals surface area contributed by atoms with Crippen LogP contribution in [0.3, 0.4) is 0 Å². The summed E-state index contributed by atoms with van der Waals surface area (Å²) in [6.07, 6.45) is 1.73. The Kier molecular flexibility index (Phi) is 3.94. The number of hydrogen-bond donors (Lipinski definition) is 0. The first kappa shape index (κ1) is 14.7. The Hall–Kier alpha value is -2.20. The van der Waals surface area contributed by atoms with Gasteiger partial charge in [0.15, 0.2) is 5.70 Å². The second kappa shape index (κ2) is 5.89. The molecule has 0 aromatic heterocycles. The Morgan fingerprint density at radius 2 is 1.77 bits per heavy atom. The molecule has 0 spiro atoms. The molecular weight excluding hydrogens is 342 g/mol. The van der Waals surface area contributed by atoms with E-state index in [1.807, 2.05) is 56.3 Å². The van der Waals surface area contributed by atoms with E-state index in [2.05, 4.69) is 20.9 Å². The van der Waals surface area contributed by atoms with E-state index in [0.29, 0.717) is 11.6 Å². The summed E-state index contributed by atoms with van der Waals surface area (Å²) >= 11 is 3.38. The molecule has 22 heavy (non-hydrogen) atoms. The van der Waals surface area contributed by atoms with Gasteiger partial charge in [-0.2, -0.15) is 0 Å². The van der Waals surface area contributed by atoms with Crippen molar-refractivity contribution in [2.24, 2.45) is 4.99 Å². The molecule has 3 nitrogen and oxygen atoms in total. The third-order valence-corrected chi connectivity index (χ3v) is 4.08. The number of nitrogens with zero attached hydrogens (tertiary/aromatic N) is 1. The Labute approximate surface area is 137 Å². The first-order valence-corrected chi connectivity index (χ1v) is 7.68. The number of benzene rings is 2. The minimum Gasteiger partial charge on any atom is -0.402 e. The van der Waals surface area contributed by atoms with Crippen LogP contribution in [0.5, 0.6) is 0 Å². The largest absolute Gasteiger partial charge is 0.402 e. The second-order valence-corrected chi connectivity index (χ2v) is 6.10. The zero-order valence-corrected chi connectivity index (χ0v) is 13.8. The summed E-state index contributed by atoms with van der Waals surface area (Å²) in [5.74, 6) is -0.0624. The molecule has 0 saturated heterocycles. The first-order chi connectivity index (χ1) is 10.5. The average molecular weight is 356 g/mol. The number of carbonyl (C=O) groups is 1. The van der Waals surface area contributed by atoms with Crippen LogP contribution in [0.15, 0.2) is 57.6 Å². The van der Waals surface area contributed by atoms with Crippen molar-refractivity contribution in [1.82, 2.24) is 0 Å². The van der Waals surface area contributed by atoms with Crippen LogP contribution in [0.25, 0.3) is 6.08 Å². The van der Waals surface area contributed by atoms with Crippen molar-refractivity contribution >= 4 is 33.9 Å². The van der Waals surface area contributed by atoms with Crippen molar-refractivity contribution in [3.63, 3.8) is 0 Å². The summed E-state index contributed by atoms with van der Waals surface area (Å²) in [6.45, 7) is 4.06. The number of cyclic esters (lactones) is 1.